The first kappa shape index (κ1) is 14.0. The van der Waals surface area contributed by atoms with Gasteiger partial charge in [0.25, 0.3) is 5.91 Å². The van der Waals surface area contributed by atoms with Crippen LogP contribution in [0.2, 0.25) is 0 Å². The standard InChI is InChI=1S/C14H14FN3O2/c1-20-8-9-4-2-3-5-12(9)18-14(19)11-6-10(15)7-17-13(11)16/h2-7H,8H2,1H3,(H2,16,17)(H,18,19). The molecule has 1 aromatic heterocycles. The summed E-state index contributed by atoms with van der Waals surface area (Å²) in [6, 6.07) is 8.22. The van der Waals surface area contributed by atoms with Gasteiger partial charge in [0.15, 0.2) is 0 Å². The minimum atomic E-state index is -0.616. The molecule has 3 N–H and O–H groups in total. The van der Waals surface area contributed by atoms with Gasteiger partial charge in [0, 0.05) is 18.4 Å². The van der Waals surface area contributed by atoms with Gasteiger partial charge in [-0.1, -0.05) is 18.2 Å². The minimum absolute atomic E-state index is 0.00257. The van der Waals surface area contributed by atoms with Gasteiger partial charge in [-0.05, 0) is 12.1 Å². The van der Waals surface area contributed by atoms with Gasteiger partial charge in [-0.2, -0.15) is 0 Å². The van der Waals surface area contributed by atoms with E-state index in [0.717, 1.165) is 17.8 Å². The van der Waals surface area contributed by atoms with E-state index < -0.39 is 11.7 Å². The predicted molar refractivity (Wildman–Crippen MR) is 73.7 cm³/mol. The topological polar surface area (TPSA) is 77.2 Å². The lowest BCUT2D eigenvalue weighted by atomic mass is 10.1. The van der Waals surface area contributed by atoms with Crippen LogP contribution in [0.4, 0.5) is 15.9 Å². The smallest absolute Gasteiger partial charge is 0.259 e. The number of methoxy groups -OCH3 is 1. The van der Waals surface area contributed by atoms with Crippen LogP contribution in [0.15, 0.2) is 36.5 Å². The highest BCUT2D eigenvalue weighted by atomic mass is 19.1. The number of benzene rings is 1. The number of hydrogen-bond acceptors (Lipinski definition) is 4. The van der Waals surface area contributed by atoms with Crippen LogP contribution in [-0.4, -0.2) is 18.0 Å². The van der Waals surface area contributed by atoms with Gasteiger partial charge < -0.3 is 15.8 Å². The van der Waals surface area contributed by atoms with Crippen LogP contribution >= 0.6 is 0 Å². The second-order valence-electron chi connectivity index (χ2n) is 4.13. The molecule has 1 aromatic carbocycles. The maximum Gasteiger partial charge on any atom is 0.259 e. The summed E-state index contributed by atoms with van der Waals surface area (Å²) in [5.74, 6) is -1.15. The number of anilines is 2. The molecule has 1 amide bonds. The van der Waals surface area contributed by atoms with Crippen LogP contribution in [0.3, 0.4) is 0 Å². The van der Waals surface area contributed by atoms with Crippen molar-refractivity contribution in [3.8, 4) is 0 Å². The molecule has 2 rings (SSSR count). The SMILES string of the molecule is COCc1ccccc1NC(=O)c1cc(F)cnc1N. The molecule has 0 aliphatic carbocycles. The van der Waals surface area contributed by atoms with Gasteiger partial charge in [-0.3, -0.25) is 4.79 Å². The lowest BCUT2D eigenvalue weighted by molar-refractivity contribution is 0.102. The number of carbonyl (C=O) groups is 1. The highest BCUT2D eigenvalue weighted by molar-refractivity contribution is 6.07. The van der Waals surface area contributed by atoms with Crippen molar-refractivity contribution < 1.29 is 13.9 Å². The highest BCUT2D eigenvalue weighted by Gasteiger charge is 2.13. The Bertz CT molecular complexity index is 632. The Balaban J connectivity index is 2.26. The molecule has 0 saturated carbocycles. The quantitative estimate of drug-likeness (QED) is 0.896. The zero-order chi connectivity index (χ0) is 14.5. The first-order chi connectivity index (χ1) is 9.61. The van der Waals surface area contributed by atoms with Gasteiger partial charge in [0.2, 0.25) is 0 Å². The zero-order valence-electron chi connectivity index (χ0n) is 10.9. The fraction of sp³-hybridized carbons (Fsp3) is 0.143. The molecule has 0 atom stereocenters. The molecule has 5 nitrogen and oxygen atoms in total. The van der Waals surface area contributed by atoms with Crippen molar-refractivity contribution in [3.05, 3.63) is 53.5 Å². The number of pyridine rings is 1. The van der Waals surface area contributed by atoms with E-state index in [-0.39, 0.29) is 11.4 Å². The number of hydrogen-bond donors (Lipinski definition) is 2. The first-order valence-electron chi connectivity index (χ1n) is 5.91. The van der Waals surface area contributed by atoms with E-state index in [9.17, 15) is 9.18 Å². The Labute approximate surface area is 115 Å². The van der Waals surface area contributed by atoms with E-state index in [2.05, 4.69) is 10.3 Å². The Morgan fingerprint density at radius 3 is 2.95 bits per heavy atom. The summed E-state index contributed by atoms with van der Waals surface area (Å²) in [5.41, 5.74) is 6.97. The molecule has 6 heteroatoms. The van der Waals surface area contributed by atoms with Gasteiger partial charge >= 0.3 is 0 Å². The zero-order valence-corrected chi connectivity index (χ0v) is 10.9. The number of carbonyl (C=O) groups excluding carboxylic acids is 1. The number of para-hydroxylation sites is 1. The molecular weight excluding hydrogens is 261 g/mol. The van der Waals surface area contributed by atoms with Crippen molar-refractivity contribution in [2.75, 3.05) is 18.2 Å². The lowest BCUT2D eigenvalue weighted by Gasteiger charge is -2.11. The van der Waals surface area contributed by atoms with E-state index in [1.165, 1.54) is 0 Å². The Morgan fingerprint density at radius 2 is 2.20 bits per heavy atom. The van der Waals surface area contributed by atoms with Crippen LogP contribution in [-0.2, 0) is 11.3 Å². The molecule has 2 aromatic rings. The molecule has 0 unspecified atom stereocenters. The number of ether oxygens (including phenoxy) is 1. The largest absolute Gasteiger partial charge is 0.383 e. The molecule has 20 heavy (non-hydrogen) atoms. The molecule has 0 aliphatic heterocycles. The molecule has 0 bridgehead atoms. The van der Waals surface area contributed by atoms with Crippen LogP contribution in [0.1, 0.15) is 15.9 Å². The van der Waals surface area contributed by atoms with Crippen LogP contribution in [0.5, 0.6) is 0 Å². The van der Waals surface area contributed by atoms with Gasteiger partial charge in [-0.15, -0.1) is 0 Å². The fourth-order valence-electron chi connectivity index (χ4n) is 1.74. The number of nitrogens with zero attached hydrogens (tertiary/aromatic N) is 1. The van der Waals surface area contributed by atoms with Gasteiger partial charge in [0.1, 0.15) is 11.6 Å². The third-order valence-corrected chi connectivity index (χ3v) is 2.70. The third-order valence-electron chi connectivity index (χ3n) is 2.70. The van der Waals surface area contributed by atoms with E-state index in [4.69, 9.17) is 10.5 Å². The molecule has 0 saturated heterocycles. The van der Waals surface area contributed by atoms with Crippen molar-refractivity contribution in [2.24, 2.45) is 0 Å². The monoisotopic (exact) mass is 275 g/mol. The number of nitrogens with one attached hydrogen (secondary N) is 1. The number of amides is 1. The summed E-state index contributed by atoms with van der Waals surface area (Å²) in [5, 5.41) is 2.67. The first-order valence-corrected chi connectivity index (χ1v) is 5.91. The van der Waals surface area contributed by atoms with Crippen LogP contribution in [0.25, 0.3) is 0 Å². The summed E-state index contributed by atoms with van der Waals surface area (Å²) in [6.45, 7) is 0.355. The average molecular weight is 275 g/mol. The van der Waals surface area contributed by atoms with Crippen molar-refractivity contribution in [3.63, 3.8) is 0 Å². The minimum Gasteiger partial charge on any atom is -0.383 e. The second-order valence-corrected chi connectivity index (χ2v) is 4.13. The molecule has 0 spiro atoms. The van der Waals surface area contributed by atoms with Crippen molar-refractivity contribution in [2.45, 2.75) is 6.61 Å². The maximum absolute atomic E-state index is 13.1. The lowest BCUT2D eigenvalue weighted by Crippen LogP contribution is -2.16. The molecule has 0 radical (unpaired) electrons. The normalized spacial score (nSPS) is 10.3. The number of halogens is 1. The Hall–Kier alpha value is -2.47. The summed E-state index contributed by atoms with van der Waals surface area (Å²) in [6.07, 6.45) is 0.963. The highest BCUT2D eigenvalue weighted by Crippen LogP contribution is 2.18. The number of nitrogens with two attached hydrogens (primary N) is 1. The van der Waals surface area contributed by atoms with E-state index in [1.807, 2.05) is 12.1 Å². The third kappa shape index (κ3) is 3.10. The van der Waals surface area contributed by atoms with Crippen LogP contribution < -0.4 is 11.1 Å². The average Bonchev–Trinajstić information content (AvgIpc) is 2.44. The van der Waals surface area contributed by atoms with Gasteiger partial charge in [0.05, 0.1) is 18.4 Å². The summed E-state index contributed by atoms with van der Waals surface area (Å²) >= 11 is 0. The number of rotatable bonds is 4. The summed E-state index contributed by atoms with van der Waals surface area (Å²) < 4.78 is 18.2. The van der Waals surface area contributed by atoms with E-state index in [0.29, 0.717) is 12.3 Å². The Morgan fingerprint density at radius 1 is 1.45 bits per heavy atom. The second kappa shape index (κ2) is 6.12. The molecule has 0 aliphatic rings. The van der Waals surface area contributed by atoms with E-state index in [1.54, 1.807) is 19.2 Å². The Kier molecular flexibility index (Phi) is 4.27. The fourth-order valence-corrected chi connectivity index (χ4v) is 1.74. The molecule has 0 fully saturated rings. The van der Waals surface area contributed by atoms with Crippen molar-refractivity contribution >= 4 is 17.4 Å². The number of aromatic nitrogens is 1. The van der Waals surface area contributed by atoms with Crippen molar-refractivity contribution in [1.82, 2.24) is 4.98 Å². The van der Waals surface area contributed by atoms with Crippen molar-refractivity contribution in [1.29, 1.82) is 0 Å². The van der Waals surface area contributed by atoms with Crippen LogP contribution in [0, 0.1) is 5.82 Å². The number of nitrogen functional groups attached to an aromatic ring is 1. The van der Waals surface area contributed by atoms with E-state index >= 15 is 0 Å². The maximum atomic E-state index is 13.1. The predicted octanol–water partition coefficient (Wildman–Crippen LogP) is 2.20. The van der Waals surface area contributed by atoms with Gasteiger partial charge in [-0.25, -0.2) is 9.37 Å². The summed E-state index contributed by atoms with van der Waals surface area (Å²) in [4.78, 5) is 15.7. The summed E-state index contributed by atoms with van der Waals surface area (Å²) in [7, 11) is 1.56. The molecule has 1 heterocycles. The molecule has 104 valence electrons. The molecular formula is C14H14FN3O2.